The van der Waals surface area contributed by atoms with Crippen LogP contribution in [-0.4, -0.2) is 61.8 Å². The van der Waals surface area contributed by atoms with Gasteiger partial charge in [-0.3, -0.25) is 4.79 Å². The van der Waals surface area contributed by atoms with E-state index in [9.17, 15) is 18.0 Å². The number of benzene rings is 1. The Balaban J connectivity index is 1.61. The molecule has 0 spiro atoms. The molecule has 0 unspecified atom stereocenters. The number of hydrogen-bond acceptors (Lipinski definition) is 5. The minimum Gasteiger partial charge on any atom is -0.462 e. The maximum atomic E-state index is 13.1. The van der Waals surface area contributed by atoms with Crippen molar-refractivity contribution in [1.82, 2.24) is 9.21 Å². The van der Waals surface area contributed by atoms with Crippen LogP contribution >= 0.6 is 0 Å². The molecule has 2 fully saturated rings. The van der Waals surface area contributed by atoms with E-state index in [0.717, 1.165) is 19.4 Å². The average molecular weight is 451 g/mol. The Morgan fingerprint density at radius 1 is 1.00 bits per heavy atom. The fraction of sp³-hybridized carbons (Fsp3) is 0.652. The van der Waals surface area contributed by atoms with Gasteiger partial charge < -0.3 is 9.64 Å². The quantitative estimate of drug-likeness (QED) is 0.594. The smallest absolute Gasteiger partial charge is 0.338 e. The molecule has 1 amide bonds. The maximum Gasteiger partial charge on any atom is 0.338 e. The summed E-state index contributed by atoms with van der Waals surface area (Å²) in [6.45, 7) is 5.41. The molecule has 1 aliphatic carbocycles. The molecule has 1 heterocycles. The molecule has 172 valence electrons. The summed E-state index contributed by atoms with van der Waals surface area (Å²) < 4.78 is 32.4. The molecular weight excluding hydrogens is 416 g/mol. The third-order valence-corrected chi connectivity index (χ3v) is 8.36. The summed E-state index contributed by atoms with van der Waals surface area (Å²) in [6.07, 6.45) is 6.85. The Morgan fingerprint density at radius 3 is 2.16 bits per heavy atom. The number of hydrogen-bond donors (Lipinski definition) is 0. The van der Waals surface area contributed by atoms with Crippen LogP contribution in [0, 0.1) is 5.92 Å². The number of esters is 1. The summed E-state index contributed by atoms with van der Waals surface area (Å²) in [6, 6.07) is 6.18. The van der Waals surface area contributed by atoms with Gasteiger partial charge in [-0.05, 0) is 63.8 Å². The van der Waals surface area contributed by atoms with E-state index in [0.29, 0.717) is 37.5 Å². The summed E-state index contributed by atoms with van der Waals surface area (Å²) in [4.78, 5) is 27.1. The SMILES string of the molecule is CCOC(=O)c1ccc(S(=O)(=O)N2CCC(C(=O)N(CC)C3CCCCC3)CC2)cc1. The zero-order valence-electron chi connectivity index (χ0n) is 18.6. The van der Waals surface area contributed by atoms with Crippen LogP contribution in [0.1, 0.15) is 69.2 Å². The van der Waals surface area contributed by atoms with Crippen LogP contribution in [-0.2, 0) is 19.6 Å². The summed E-state index contributed by atoms with van der Waals surface area (Å²) >= 11 is 0. The van der Waals surface area contributed by atoms with Crippen molar-refractivity contribution in [3.8, 4) is 0 Å². The van der Waals surface area contributed by atoms with Crippen molar-refractivity contribution in [3.05, 3.63) is 29.8 Å². The summed E-state index contributed by atoms with van der Waals surface area (Å²) in [5, 5.41) is 0. The number of amides is 1. The molecule has 31 heavy (non-hydrogen) atoms. The van der Waals surface area contributed by atoms with Gasteiger partial charge in [-0.25, -0.2) is 13.2 Å². The molecule has 0 N–H and O–H groups in total. The topological polar surface area (TPSA) is 84.0 Å². The molecular formula is C23H34N2O5S. The minimum atomic E-state index is -3.66. The van der Waals surface area contributed by atoms with Crippen molar-refractivity contribution in [2.75, 3.05) is 26.2 Å². The fourth-order valence-electron chi connectivity index (χ4n) is 4.69. The van der Waals surface area contributed by atoms with Crippen molar-refractivity contribution in [3.63, 3.8) is 0 Å². The van der Waals surface area contributed by atoms with Crippen LogP contribution in [0.2, 0.25) is 0 Å². The normalized spacial score (nSPS) is 19.2. The predicted molar refractivity (Wildman–Crippen MR) is 118 cm³/mol. The second-order valence-electron chi connectivity index (χ2n) is 8.34. The molecule has 8 heteroatoms. The van der Waals surface area contributed by atoms with Crippen molar-refractivity contribution in [1.29, 1.82) is 0 Å². The molecule has 2 aliphatic rings. The lowest BCUT2D eigenvalue weighted by molar-refractivity contribution is -0.139. The molecule has 7 nitrogen and oxygen atoms in total. The zero-order chi connectivity index (χ0) is 22.4. The Hall–Kier alpha value is -1.93. The number of nitrogens with zero attached hydrogens (tertiary/aromatic N) is 2. The van der Waals surface area contributed by atoms with Crippen LogP contribution in [0.5, 0.6) is 0 Å². The van der Waals surface area contributed by atoms with E-state index >= 15 is 0 Å². The van der Waals surface area contributed by atoms with Crippen molar-refractivity contribution < 1.29 is 22.7 Å². The van der Waals surface area contributed by atoms with Crippen LogP contribution in [0.3, 0.4) is 0 Å². The summed E-state index contributed by atoms with van der Waals surface area (Å²) in [5.74, 6) is -0.394. The van der Waals surface area contributed by atoms with Crippen LogP contribution in [0.25, 0.3) is 0 Å². The minimum absolute atomic E-state index is 0.112. The first kappa shape index (κ1) is 23.7. The van der Waals surface area contributed by atoms with E-state index in [1.807, 2.05) is 11.8 Å². The van der Waals surface area contributed by atoms with Crippen molar-refractivity contribution in [2.45, 2.75) is 69.7 Å². The standard InChI is InChI=1S/C23H34N2O5S/c1-3-25(20-8-6-5-7-9-20)22(26)18-14-16-24(17-15-18)31(28,29)21-12-10-19(11-13-21)23(27)30-4-2/h10-13,18,20H,3-9,14-17H2,1-2H3. The van der Waals surface area contributed by atoms with Crippen LogP contribution in [0.15, 0.2) is 29.2 Å². The second-order valence-corrected chi connectivity index (χ2v) is 10.3. The molecule has 1 aromatic rings. The van der Waals surface area contributed by atoms with Gasteiger partial charge in [0, 0.05) is 31.6 Å². The van der Waals surface area contributed by atoms with Crippen molar-refractivity contribution >= 4 is 21.9 Å². The van der Waals surface area contributed by atoms with Gasteiger partial charge in [0.1, 0.15) is 0 Å². The number of sulfonamides is 1. The molecule has 0 bridgehead atoms. The first-order valence-corrected chi connectivity index (χ1v) is 12.9. The van der Waals surface area contributed by atoms with E-state index in [4.69, 9.17) is 4.74 Å². The lowest BCUT2D eigenvalue weighted by Crippen LogP contribution is -2.48. The Labute approximate surface area is 185 Å². The first-order chi connectivity index (χ1) is 14.9. The Morgan fingerprint density at radius 2 is 1.61 bits per heavy atom. The van der Waals surface area contributed by atoms with E-state index in [1.54, 1.807) is 6.92 Å². The van der Waals surface area contributed by atoms with Gasteiger partial charge in [0.15, 0.2) is 0 Å². The number of carbonyl (C=O) groups excluding carboxylic acids is 2. The van der Waals surface area contributed by atoms with E-state index in [-0.39, 0.29) is 23.3 Å². The first-order valence-electron chi connectivity index (χ1n) is 11.5. The summed E-state index contributed by atoms with van der Waals surface area (Å²) in [5.41, 5.74) is 0.326. The highest BCUT2D eigenvalue weighted by Crippen LogP contribution is 2.29. The highest BCUT2D eigenvalue weighted by atomic mass is 32.2. The molecule has 3 rings (SSSR count). The Kier molecular flexibility index (Phi) is 8.11. The third-order valence-electron chi connectivity index (χ3n) is 6.45. The van der Waals surface area contributed by atoms with Gasteiger partial charge in [-0.2, -0.15) is 4.31 Å². The molecule has 1 aromatic carbocycles. The third kappa shape index (κ3) is 5.47. The van der Waals surface area contributed by atoms with Gasteiger partial charge >= 0.3 is 5.97 Å². The molecule has 1 saturated heterocycles. The number of carbonyl (C=O) groups is 2. The van der Waals surface area contributed by atoms with Gasteiger partial charge in [0.25, 0.3) is 0 Å². The monoisotopic (exact) mass is 450 g/mol. The largest absolute Gasteiger partial charge is 0.462 e. The Bertz CT molecular complexity index is 854. The highest BCUT2D eigenvalue weighted by Gasteiger charge is 2.35. The van der Waals surface area contributed by atoms with E-state index in [2.05, 4.69) is 0 Å². The van der Waals surface area contributed by atoms with E-state index in [1.165, 1.54) is 47.8 Å². The molecule has 0 atom stereocenters. The van der Waals surface area contributed by atoms with Crippen LogP contribution in [0.4, 0.5) is 0 Å². The number of ether oxygens (including phenoxy) is 1. The zero-order valence-corrected chi connectivity index (χ0v) is 19.4. The molecule has 1 saturated carbocycles. The molecule has 0 aromatic heterocycles. The number of rotatable bonds is 7. The second kappa shape index (κ2) is 10.6. The lowest BCUT2D eigenvalue weighted by atomic mass is 9.91. The van der Waals surface area contributed by atoms with Gasteiger partial charge in [-0.1, -0.05) is 19.3 Å². The predicted octanol–water partition coefficient (Wildman–Crippen LogP) is 3.45. The average Bonchev–Trinajstić information content (AvgIpc) is 2.80. The van der Waals surface area contributed by atoms with E-state index < -0.39 is 16.0 Å². The highest BCUT2D eigenvalue weighted by molar-refractivity contribution is 7.89. The maximum absolute atomic E-state index is 13.1. The lowest BCUT2D eigenvalue weighted by Gasteiger charge is -2.38. The van der Waals surface area contributed by atoms with Gasteiger partial charge in [0.05, 0.1) is 17.1 Å². The van der Waals surface area contributed by atoms with Gasteiger partial charge in [0.2, 0.25) is 15.9 Å². The molecule has 1 aliphatic heterocycles. The van der Waals surface area contributed by atoms with Gasteiger partial charge in [-0.15, -0.1) is 0 Å². The summed E-state index contributed by atoms with van der Waals surface area (Å²) in [7, 11) is -3.66. The molecule has 0 radical (unpaired) electrons. The fourth-order valence-corrected chi connectivity index (χ4v) is 6.16. The van der Waals surface area contributed by atoms with Crippen molar-refractivity contribution in [2.24, 2.45) is 5.92 Å². The number of piperidine rings is 1. The van der Waals surface area contributed by atoms with Crippen LogP contribution < -0.4 is 0 Å².